The third-order valence-electron chi connectivity index (χ3n) is 5.93. The van der Waals surface area contributed by atoms with Gasteiger partial charge in [-0.15, -0.1) is 11.3 Å². The van der Waals surface area contributed by atoms with Crippen molar-refractivity contribution in [3.8, 4) is 11.1 Å². The lowest BCUT2D eigenvalue weighted by Gasteiger charge is -2.39. The molecule has 0 unspecified atom stereocenters. The highest BCUT2D eigenvalue weighted by molar-refractivity contribution is 7.17. The monoisotopic (exact) mass is 442 g/mol. The SMILES string of the molecule is CC(=O)NC1CN(Cc2cnc3c(Nc4cccc(-c5ccccc5)c4C)csc3c2)C1. The van der Waals surface area contributed by atoms with Crippen LogP contribution in [0.5, 0.6) is 0 Å². The fourth-order valence-electron chi connectivity index (χ4n) is 4.31. The average molecular weight is 443 g/mol. The lowest BCUT2D eigenvalue weighted by molar-refractivity contribution is -0.120. The smallest absolute Gasteiger partial charge is 0.217 e. The van der Waals surface area contributed by atoms with Crippen molar-refractivity contribution in [2.24, 2.45) is 0 Å². The van der Waals surface area contributed by atoms with Crippen molar-refractivity contribution in [2.75, 3.05) is 18.4 Å². The first-order valence-corrected chi connectivity index (χ1v) is 11.7. The van der Waals surface area contributed by atoms with Crippen LogP contribution in [0.25, 0.3) is 21.3 Å². The van der Waals surface area contributed by atoms with Crippen molar-refractivity contribution in [2.45, 2.75) is 26.4 Å². The van der Waals surface area contributed by atoms with Crippen LogP contribution in [0.3, 0.4) is 0 Å². The molecule has 0 radical (unpaired) electrons. The molecule has 4 aromatic rings. The fourth-order valence-corrected chi connectivity index (χ4v) is 5.22. The van der Waals surface area contributed by atoms with Gasteiger partial charge in [-0.05, 0) is 41.3 Å². The van der Waals surface area contributed by atoms with E-state index in [0.717, 1.165) is 36.5 Å². The summed E-state index contributed by atoms with van der Waals surface area (Å²) in [6.07, 6.45) is 1.97. The molecule has 32 heavy (non-hydrogen) atoms. The van der Waals surface area contributed by atoms with E-state index >= 15 is 0 Å². The van der Waals surface area contributed by atoms with Crippen LogP contribution in [0.4, 0.5) is 11.4 Å². The summed E-state index contributed by atoms with van der Waals surface area (Å²) in [5.41, 5.74) is 8.02. The number of aromatic nitrogens is 1. The van der Waals surface area contributed by atoms with Gasteiger partial charge in [-0.3, -0.25) is 14.7 Å². The van der Waals surface area contributed by atoms with Gasteiger partial charge >= 0.3 is 0 Å². The van der Waals surface area contributed by atoms with E-state index in [1.54, 1.807) is 18.3 Å². The zero-order valence-electron chi connectivity index (χ0n) is 18.3. The highest BCUT2D eigenvalue weighted by atomic mass is 32.1. The number of thiophene rings is 1. The van der Waals surface area contributed by atoms with Gasteiger partial charge in [0.05, 0.1) is 16.4 Å². The molecule has 6 heteroatoms. The molecule has 2 aromatic heterocycles. The number of nitrogens with zero attached hydrogens (tertiary/aromatic N) is 2. The molecule has 5 rings (SSSR count). The average Bonchev–Trinajstić information content (AvgIpc) is 3.16. The van der Waals surface area contributed by atoms with Gasteiger partial charge in [-0.2, -0.15) is 0 Å². The molecule has 0 bridgehead atoms. The number of carbonyl (C=O) groups is 1. The topological polar surface area (TPSA) is 57.3 Å². The van der Waals surface area contributed by atoms with Crippen LogP contribution >= 0.6 is 11.3 Å². The van der Waals surface area contributed by atoms with Gasteiger partial charge in [0.2, 0.25) is 5.91 Å². The summed E-state index contributed by atoms with van der Waals surface area (Å²) >= 11 is 1.71. The van der Waals surface area contributed by atoms with Gasteiger partial charge < -0.3 is 10.6 Å². The minimum atomic E-state index is 0.0425. The van der Waals surface area contributed by atoms with Gasteiger partial charge in [0.25, 0.3) is 0 Å². The molecular formula is C26H26N4OS. The second-order valence-corrected chi connectivity index (χ2v) is 9.31. The Morgan fingerprint density at radius 3 is 2.72 bits per heavy atom. The first-order chi connectivity index (χ1) is 15.6. The summed E-state index contributed by atoms with van der Waals surface area (Å²) in [5.74, 6) is 0.0425. The van der Waals surface area contributed by atoms with Crippen molar-refractivity contribution in [3.05, 3.63) is 77.3 Å². The standard InChI is InChI=1S/C26H26N4OS/c1-17-22(20-7-4-3-5-8-20)9-6-10-23(17)29-24-16-32-25-11-19(12-27-26(24)25)13-30-14-21(15-30)28-18(2)31/h3-12,16,21,29H,13-15H2,1-2H3,(H,28,31). The number of hydrogen-bond acceptors (Lipinski definition) is 5. The van der Waals surface area contributed by atoms with E-state index in [4.69, 9.17) is 4.98 Å². The molecule has 2 N–H and O–H groups in total. The third kappa shape index (κ3) is 4.24. The minimum absolute atomic E-state index is 0.0425. The maximum Gasteiger partial charge on any atom is 0.217 e. The van der Waals surface area contributed by atoms with Crippen LogP contribution in [0.15, 0.2) is 66.2 Å². The van der Waals surface area contributed by atoms with Crippen molar-refractivity contribution in [1.82, 2.24) is 15.2 Å². The lowest BCUT2D eigenvalue weighted by atomic mass is 9.99. The molecule has 1 aliphatic rings. The molecule has 1 saturated heterocycles. The molecule has 1 amide bonds. The quantitative estimate of drug-likeness (QED) is 0.423. The minimum Gasteiger partial charge on any atom is -0.353 e. The van der Waals surface area contributed by atoms with Crippen LogP contribution in [-0.2, 0) is 11.3 Å². The van der Waals surface area contributed by atoms with Crippen molar-refractivity contribution >= 4 is 38.8 Å². The highest BCUT2D eigenvalue weighted by Crippen LogP contribution is 2.35. The molecule has 1 aliphatic heterocycles. The number of likely N-dealkylation sites (tertiary alicyclic amines) is 1. The molecule has 162 valence electrons. The predicted molar refractivity (Wildman–Crippen MR) is 132 cm³/mol. The Morgan fingerprint density at radius 1 is 1.12 bits per heavy atom. The summed E-state index contributed by atoms with van der Waals surface area (Å²) in [4.78, 5) is 18.3. The Labute approximate surface area is 192 Å². The summed E-state index contributed by atoms with van der Waals surface area (Å²) in [7, 11) is 0. The maximum atomic E-state index is 11.2. The predicted octanol–water partition coefficient (Wildman–Crippen LogP) is 5.34. The van der Waals surface area contributed by atoms with E-state index in [2.05, 4.69) is 76.4 Å². The second kappa shape index (κ2) is 8.73. The number of hydrogen-bond donors (Lipinski definition) is 2. The molecule has 0 atom stereocenters. The van der Waals surface area contributed by atoms with E-state index in [9.17, 15) is 4.79 Å². The van der Waals surface area contributed by atoms with Gasteiger partial charge in [0.15, 0.2) is 0 Å². The van der Waals surface area contributed by atoms with Crippen molar-refractivity contribution < 1.29 is 4.79 Å². The zero-order valence-corrected chi connectivity index (χ0v) is 19.1. The van der Waals surface area contributed by atoms with Crippen LogP contribution in [-0.4, -0.2) is 34.9 Å². The van der Waals surface area contributed by atoms with Crippen molar-refractivity contribution in [1.29, 1.82) is 0 Å². The Morgan fingerprint density at radius 2 is 1.94 bits per heavy atom. The van der Waals surface area contributed by atoms with E-state index in [0.29, 0.717) is 0 Å². The van der Waals surface area contributed by atoms with Crippen LogP contribution in [0.1, 0.15) is 18.1 Å². The van der Waals surface area contributed by atoms with Gasteiger partial charge in [-0.1, -0.05) is 42.5 Å². The highest BCUT2D eigenvalue weighted by Gasteiger charge is 2.27. The summed E-state index contributed by atoms with van der Waals surface area (Å²) in [5, 5.41) is 8.72. The Balaban J connectivity index is 1.32. The Bertz CT molecular complexity index is 1260. The van der Waals surface area contributed by atoms with Crippen molar-refractivity contribution in [3.63, 3.8) is 0 Å². The van der Waals surface area contributed by atoms with E-state index < -0.39 is 0 Å². The largest absolute Gasteiger partial charge is 0.353 e. The molecule has 0 spiro atoms. The molecule has 2 aromatic carbocycles. The normalized spacial score (nSPS) is 14.3. The number of benzene rings is 2. The molecule has 0 aliphatic carbocycles. The Kier molecular flexibility index (Phi) is 5.64. The number of pyridine rings is 1. The van der Waals surface area contributed by atoms with Crippen LogP contribution in [0, 0.1) is 6.92 Å². The summed E-state index contributed by atoms with van der Waals surface area (Å²) in [6, 6.07) is 19.4. The lowest BCUT2D eigenvalue weighted by Crippen LogP contribution is -2.58. The van der Waals surface area contributed by atoms with Gasteiger partial charge in [0.1, 0.15) is 5.52 Å². The number of rotatable bonds is 6. The van der Waals surface area contributed by atoms with E-state index in [1.807, 2.05) is 12.3 Å². The Hall–Kier alpha value is -3.22. The second-order valence-electron chi connectivity index (χ2n) is 8.40. The third-order valence-corrected chi connectivity index (χ3v) is 6.85. The molecular weight excluding hydrogens is 416 g/mol. The zero-order chi connectivity index (χ0) is 22.1. The molecule has 3 heterocycles. The molecule has 5 nitrogen and oxygen atoms in total. The van der Waals surface area contributed by atoms with Gasteiger partial charge in [-0.25, -0.2) is 0 Å². The first kappa shape index (κ1) is 20.7. The number of fused-ring (bicyclic) bond motifs is 1. The number of nitrogens with one attached hydrogen (secondary N) is 2. The number of anilines is 2. The maximum absolute atomic E-state index is 11.2. The first-order valence-electron chi connectivity index (χ1n) is 10.8. The number of amides is 1. The fraction of sp³-hybridized carbons (Fsp3) is 0.231. The van der Waals surface area contributed by atoms with Crippen LogP contribution < -0.4 is 10.6 Å². The summed E-state index contributed by atoms with van der Waals surface area (Å²) in [6.45, 7) is 6.38. The van der Waals surface area contributed by atoms with Gasteiger partial charge in [0, 0.05) is 43.8 Å². The van der Waals surface area contributed by atoms with Crippen LogP contribution in [0.2, 0.25) is 0 Å². The van der Waals surface area contributed by atoms with E-state index in [1.165, 1.54) is 27.0 Å². The number of carbonyl (C=O) groups excluding carboxylic acids is 1. The molecule has 1 fully saturated rings. The molecule has 0 saturated carbocycles. The summed E-state index contributed by atoms with van der Waals surface area (Å²) < 4.78 is 1.18. The van der Waals surface area contributed by atoms with E-state index in [-0.39, 0.29) is 11.9 Å².